The minimum Gasteiger partial charge on any atom is -0.480 e. The van der Waals surface area contributed by atoms with Crippen LogP contribution in [0.5, 0.6) is 0 Å². The van der Waals surface area contributed by atoms with Crippen LogP contribution in [0.15, 0.2) is 47.4 Å². The second-order valence-electron chi connectivity index (χ2n) is 5.10. The van der Waals surface area contributed by atoms with Crippen LogP contribution in [0, 0.1) is 0 Å². The lowest BCUT2D eigenvalue weighted by Crippen LogP contribution is -2.32. The third kappa shape index (κ3) is 2.51. The zero-order chi connectivity index (χ0) is 17.5. The number of sulfonamides is 1. The van der Waals surface area contributed by atoms with E-state index in [0.29, 0.717) is 0 Å². The van der Waals surface area contributed by atoms with E-state index in [0.717, 1.165) is 0 Å². The molecule has 0 saturated carbocycles. The van der Waals surface area contributed by atoms with Gasteiger partial charge in [0.2, 0.25) is 10.0 Å². The predicted molar refractivity (Wildman–Crippen MR) is 82.6 cm³/mol. The number of ketones is 2. The lowest BCUT2D eigenvalue weighted by atomic mass is 9.84. The average Bonchev–Trinajstić information content (AvgIpc) is 2.57. The minimum atomic E-state index is -4.26. The van der Waals surface area contributed by atoms with Crippen molar-refractivity contribution in [1.29, 1.82) is 0 Å². The Morgan fingerprint density at radius 1 is 0.917 bits per heavy atom. The maximum absolute atomic E-state index is 12.7. The first kappa shape index (κ1) is 16.0. The summed E-state index contributed by atoms with van der Waals surface area (Å²) in [6, 6.07) is 10.0. The Bertz CT molecular complexity index is 993. The van der Waals surface area contributed by atoms with Gasteiger partial charge in [0.15, 0.2) is 11.6 Å². The highest BCUT2D eigenvalue weighted by Crippen LogP contribution is 2.31. The summed E-state index contributed by atoms with van der Waals surface area (Å²) in [7, 11) is -4.26. The summed E-state index contributed by atoms with van der Waals surface area (Å²) in [5.41, 5.74) is 0.0786. The highest BCUT2D eigenvalue weighted by Gasteiger charge is 2.34. The van der Waals surface area contributed by atoms with Gasteiger partial charge in [-0.15, -0.1) is 0 Å². The highest BCUT2D eigenvalue weighted by atomic mass is 32.2. The second-order valence-corrected chi connectivity index (χ2v) is 6.84. The molecule has 2 N–H and O–H groups in total. The molecule has 0 unspecified atom stereocenters. The largest absolute Gasteiger partial charge is 0.480 e. The first-order chi connectivity index (χ1) is 11.3. The summed E-state index contributed by atoms with van der Waals surface area (Å²) in [6.45, 7) is -0.829. The van der Waals surface area contributed by atoms with E-state index in [2.05, 4.69) is 0 Å². The molecule has 0 fully saturated rings. The summed E-state index contributed by atoms with van der Waals surface area (Å²) in [5.74, 6) is -2.40. The third-order valence-corrected chi connectivity index (χ3v) is 5.06. The van der Waals surface area contributed by atoms with E-state index >= 15 is 0 Å². The maximum Gasteiger partial charge on any atom is 0.318 e. The van der Waals surface area contributed by atoms with Crippen molar-refractivity contribution in [2.24, 2.45) is 0 Å². The first-order valence-electron chi connectivity index (χ1n) is 6.86. The number of nitrogens with one attached hydrogen (secondary N) is 1. The van der Waals surface area contributed by atoms with Crippen molar-refractivity contribution in [1.82, 2.24) is 4.72 Å². The van der Waals surface area contributed by atoms with Crippen molar-refractivity contribution in [3.8, 4) is 0 Å². The van der Waals surface area contributed by atoms with Crippen LogP contribution in [0.25, 0.3) is 0 Å². The average molecular weight is 345 g/mol. The van der Waals surface area contributed by atoms with Crippen molar-refractivity contribution >= 4 is 27.6 Å². The SMILES string of the molecule is O=C(O)CNS(=O)(=O)c1cccc2c1C(=O)c1ccccc1C2=O. The fourth-order valence-corrected chi connectivity index (χ4v) is 3.77. The van der Waals surface area contributed by atoms with Gasteiger partial charge in [0.1, 0.15) is 6.54 Å². The van der Waals surface area contributed by atoms with Crippen LogP contribution in [0.4, 0.5) is 0 Å². The normalized spacial score (nSPS) is 13.3. The van der Waals surface area contributed by atoms with E-state index in [1.807, 2.05) is 4.72 Å². The summed E-state index contributed by atoms with van der Waals surface area (Å²) >= 11 is 0. The molecule has 0 saturated heterocycles. The molecule has 1 aliphatic rings. The molecule has 0 radical (unpaired) electrons. The Hall–Kier alpha value is -2.84. The minimum absolute atomic E-state index is 0.0168. The molecule has 0 bridgehead atoms. The molecule has 2 aromatic carbocycles. The van der Waals surface area contributed by atoms with Crippen LogP contribution in [-0.2, 0) is 14.8 Å². The number of benzene rings is 2. The fourth-order valence-electron chi connectivity index (χ4n) is 2.57. The highest BCUT2D eigenvalue weighted by molar-refractivity contribution is 7.89. The van der Waals surface area contributed by atoms with Gasteiger partial charge in [-0.05, 0) is 6.07 Å². The Morgan fingerprint density at radius 3 is 2.12 bits per heavy atom. The number of hydrogen-bond donors (Lipinski definition) is 2. The molecule has 0 heterocycles. The van der Waals surface area contributed by atoms with Gasteiger partial charge in [-0.1, -0.05) is 36.4 Å². The smallest absolute Gasteiger partial charge is 0.318 e. The van der Waals surface area contributed by atoms with E-state index in [9.17, 15) is 22.8 Å². The summed E-state index contributed by atoms with van der Waals surface area (Å²) < 4.78 is 26.6. The maximum atomic E-state index is 12.7. The first-order valence-corrected chi connectivity index (χ1v) is 8.34. The molecule has 8 heteroatoms. The van der Waals surface area contributed by atoms with Crippen molar-refractivity contribution in [3.63, 3.8) is 0 Å². The van der Waals surface area contributed by atoms with Crippen LogP contribution in [0.1, 0.15) is 31.8 Å². The van der Waals surface area contributed by atoms with E-state index in [1.165, 1.54) is 30.3 Å². The predicted octanol–water partition coefficient (Wildman–Crippen LogP) is 0.825. The number of carbonyl (C=O) groups is 3. The molecule has 0 aromatic heterocycles. The molecule has 2 aromatic rings. The molecule has 0 aliphatic heterocycles. The van der Waals surface area contributed by atoms with Gasteiger partial charge in [0, 0.05) is 16.7 Å². The summed E-state index contributed by atoms with van der Waals surface area (Å²) in [4.78, 5) is 35.4. The Labute approximate surface area is 137 Å². The van der Waals surface area contributed by atoms with E-state index in [4.69, 9.17) is 5.11 Å². The van der Waals surface area contributed by atoms with Gasteiger partial charge < -0.3 is 5.11 Å². The van der Waals surface area contributed by atoms with Crippen molar-refractivity contribution in [3.05, 3.63) is 64.7 Å². The van der Waals surface area contributed by atoms with Gasteiger partial charge in [-0.2, -0.15) is 4.72 Å². The molecule has 24 heavy (non-hydrogen) atoms. The van der Waals surface area contributed by atoms with Gasteiger partial charge >= 0.3 is 5.97 Å². The number of aliphatic carboxylic acids is 1. The van der Waals surface area contributed by atoms with Crippen LogP contribution in [0.2, 0.25) is 0 Å². The van der Waals surface area contributed by atoms with E-state index in [-0.39, 0.29) is 22.3 Å². The van der Waals surface area contributed by atoms with Crippen LogP contribution < -0.4 is 4.72 Å². The molecule has 1 aliphatic carbocycles. The number of carboxylic acid groups (broad SMARTS) is 1. The summed E-state index contributed by atoms with van der Waals surface area (Å²) in [6.07, 6.45) is 0. The fraction of sp³-hybridized carbons (Fsp3) is 0.0625. The quantitative estimate of drug-likeness (QED) is 0.723. The lowest BCUT2D eigenvalue weighted by Gasteiger charge is -2.19. The van der Waals surface area contributed by atoms with Gasteiger partial charge in [0.25, 0.3) is 0 Å². The monoisotopic (exact) mass is 345 g/mol. The number of hydrogen-bond acceptors (Lipinski definition) is 5. The number of fused-ring (bicyclic) bond motifs is 2. The second kappa shape index (κ2) is 5.66. The molecular weight excluding hydrogens is 334 g/mol. The molecule has 7 nitrogen and oxygen atoms in total. The van der Waals surface area contributed by atoms with Gasteiger partial charge in [-0.3, -0.25) is 14.4 Å². The Kier molecular flexibility index (Phi) is 3.78. The van der Waals surface area contributed by atoms with Crippen molar-refractivity contribution in [2.75, 3.05) is 6.54 Å². The standard InChI is InChI=1S/C16H11NO6S/c18-13(19)8-17-24(22,23)12-7-3-6-11-14(12)16(21)10-5-2-1-4-9(10)15(11)20/h1-7,17H,8H2,(H,18,19). The van der Waals surface area contributed by atoms with Crippen LogP contribution in [-0.4, -0.2) is 37.6 Å². The van der Waals surface area contributed by atoms with Crippen molar-refractivity contribution in [2.45, 2.75) is 4.90 Å². The molecule has 0 atom stereocenters. The Balaban J connectivity index is 2.19. The van der Waals surface area contributed by atoms with Crippen LogP contribution in [0.3, 0.4) is 0 Å². The zero-order valence-corrected chi connectivity index (χ0v) is 13.0. The molecule has 122 valence electrons. The van der Waals surface area contributed by atoms with E-state index < -0.39 is 39.0 Å². The topological polar surface area (TPSA) is 118 Å². The number of rotatable bonds is 4. The Morgan fingerprint density at radius 2 is 1.50 bits per heavy atom. The zero-order valence-electron chi connectivity index (χ0n) is 12.1. The molecule has 0 spiro atoms. The molecule has 3 rings (SSSR count). The van der Waals surface area contributed by atoms with Crippen molar-refractivity contribution < 1.29 is 27.9 Å². The number of carbonyl (C=O) groups excluding carboxylic acids is 2. The van der Waals surface area contributed by atoms with E-state index in [1.54, 1.807) is 12.1 Å². The summed E-state index contributed by atoms with van der Waals surface area (Å²) in [5, 5.41) is 8.64. The van der Waals surface area contributed by atoms with Gasteiger partial charge in [-0.25, -0.2) is 8.42 Å². The number of carboxylic acids is 1. The van der Waals surface area contributed by atoms with Crippen LogP contribution >= 0.6 is 0 Å². The lowest BCUT2D eigenvalue weighted by molar-refractivity contribution is -0.135. The third-order valence-electron chi connectivity index (χ3n) is 3.62. The molecule has 0 amide bonds. The molecular formula is C16H11NO6S. The van der Waals surface area contributed by atoms with Gasteiger partial charge in [0.05, 0.1) is 10.5 Å².